The van der Waals surface area contributed by atoms with Gasteiger partial charge in [-0.15, -0.1) is 0 Å². The zero-order valence-corrected chi connectivity index (χ0v) is 24.9. The van der Waals surface area contributed by atoms with Gasteiger partial charge >= 0.3 is 12.0 Å². The summed E-state index contributed by atoms with van der Waals surface area (Å²) in [5, 5.41) is 5.19. The summed E-state index contributed by atoms with van der Waals surface area (Å²) in [6.07, 6.45) is 6.55. The van der Waals surface area contributed by atoms with E-state index in [-0.39, 0.29) is 36.1 Å². The SMILES string of the molecule is C=C1[C@H]2[C@@H]1CN(C(=O)/C(=N/C(=O)N[C@@H](C)C(=O)OC1CCCC1)C(C)(C)C)[C@@H]2C(=O)NC(CC1CCC1)C(=O)C(N)=O. The molecule has 4 fully saturated rings. The summed E-state index contributed by atoms with van der Waals surface area (Å²) in [6.45, 7) is 10.9. The van der Waals surface area contributed by atoms with E-state index in [9.17, 15) is 28.8 Å². The zero-order valence-electron chi connectivity index (χ0n) is 24.9. The van der Waals surface area contributed by atoms with Crippen molar-refractivity contribution in [3.8, 4) is 0 Å². The highest BCUT2D eigenvalue weighted by Crippen LogP contribution is 2.54. The van der Waals surface area contributed by atoms with Gasteiger partial charge in [0.1, 0.15) is 23.9 Å². The number of rotatable bonds is 10. The van der Waals surface area contributed by atoms with Gasteiger partial charge in [0, 0.05) is 23.8 Å². The minimum Gasteiger partial charge on any atom is -0.461 e. The van der Waals surface area contributed by atoms with Gasteiger partial charge in [-0.05, 0) is 44.9 Å². The number of ketones is 1. The molecule has 0 radical (unpaired) electrons. The Hall–Kier alpha value is -3.57. The number of nitrogens with two attached hydrogens (primary N) is 1. The van der Waals surface area contributed by atoms with Crippen LogP contribution in [0.3, 0.4) is 0 Å². The fourth-order valence-electron chi connectivity index (χ4n) is 6.13. The lowest BCUT2D eigenvalue weighted by atomic mass is 9.80. The Morgan fingerprint density at radius 1 is 1.05 bits per heavy atom. The first-order valence-electron chi connectivity index (χ1n) is 14.9. The van der Waals surface area contributed by atoms with Crippen LogP contribution in [0.4, 0.5) is 4.79 Å². The predicted octanol–water partition coefficient (Wildman–Crippen LogP) is 1.80. The van der Waals surface area contributed by atoms with Gasteiger partial charge in [0.15, 0.2) is 0 Å². The minimum absolute atomic E-state index is 0.0831. The first-order valence-corrected chi connectivity index (χ1v) is 14.9. The van der Waals surface area contributed by atoms with Crippen molar-refractivity contribution < 1.29 is 33.5 Å². The number of aliphatic imine (C=N–C) groups is 1. The van der Waals surface area contributed by atoms with Crippen molar-refractivity contribution in [3.05, 3.63) is 12.2 Å². The Labute approximate surface area is 246 Å². The molecule has 1 unspecified atom stereocenters. The molecular formula is C30H43N5O7. The maximum atomic E-state index is 13.9. The van der Waals surface area contributed by atoms with Crippen LogP contribution in [0.5, 0.6) is 0 Å². The molecule has 1 saturated heterocycles. The average molecular weight is 586 g/mol. The lowest BCUT2D eigenvalue weighted by Gasteiger charge is -2.33. The van der Waals surface area contributed by atoms with Crippen LogP contribution in [0.1, 0.15) is 79.1 Å². The second kappa shape index (κ2) is 12.3. The second-order valence-corrected chi connectivity index (χ2v) is 13.2. The van der Waals surface area contributed by atoms with E-state index in [4.69, 9.17) is 10.5 Å². The molecule has 12 heteroatoms. The highest BCUT2D eigenvalue weighted by molar-refractivity contribution is 6.42. The van der Waals surface area contributed by atoms with Gasteiger partial charge < -0.3 is 26.0 Å². The Kier molecular flexibility index (Phi) is 9.22. The fraction of sp³-hybridized carbons (Fsp3) is 0.700. The highest BCUT2D eigenvalue weighted by Gasteiger charge is 2.61. The quantitative estimate of drug-likeness (QED) is 0.151. The van der Waals surface area contributed by atoms with Crippen molar-refractivity contribution in [2.75, 3.05) is 6.54 Å². The van der Waals surface area contributed by atoms with Crippen LogP contribution in [0.25, 0.3) is 0 Å². The lowest BCUT2D eigenvalue weighted by molar-refractivity contribution is -0.150. The minimum atomic E-state index is -1.12. The summed E-state index contributed by atoms with van der Waals surface area (Å²) in [5.41, 5.74) is 5.12. The van der Waals surface area contributed by atoms with Crippen molar-refractivity contribution in [2.24, 2.45) is 33.9 Å². The van der Waals surface area contributed by atoms with Crippen molar-refractivity contribution in [2.45, 2.75) is 103 Å². The largest absolute Gasteiger partial charge is 0.461 e. The van der Waals surface area contributed by atoms with E-state index < -0.39 is 59.0 Å². The average Bonchev–Trinajstić information content (AvgIpc) is 3.25. The summed E-state index contributed by atoms with van der Waals surface area (Å²) in [4.78, 5) is 82.5. The highest BCUT2D eigenvalue weighted by atomic mass is 16.5. The van der Waals surface area contributed by atoms with E-state index >= 15 is 0 Å². The molecule has 230 valence electrons. The van der Waals surface area contributed by atoms with Crippen LogP contribution in [0.2, 0.25) is 0 Å². The normalized spacial score (nSPS) is 25.6. The molecule has 0 spiro atoms. The van der Waals surface area contributed by atoms with Crippen LogP contribution < -0.4 is 16.4 Å². The first-order chi connectivity index (χ1) is 19.7. The van der Waals surface area contributed by atoms with Gasteiger partial charge in [-0.25, -0.2) is 9.59 Å². The number of urea groups is 1. The maximum absolute atomic E-state index is 13.9. The molecule has 5 amide bonds. The molecule has 0 aromatic carbocycles. The number of likely N-dealkylation sites (tertiary alicyclic amines) is 1. The Balaban J connectivity index is 1.49. The van der Waals surface area contributed by atoms with E-state index in [1.54, 1.807) is 20.8 Å². The number of nitrogens with zero attached hydrogens (tertiary/aromatic N) is 2. The van der Waals surface area contributed by atoms with E-state index in [0.29, 0.717) is 6.42 Å². The van der Waals surface area contributed by atoms with Crippen LogP contribution in [-0.2, 0) is 28.7 Å². The topological polar surface area (TPSA) is 177 Å². The molecule has 4 aliphatic rings. The molecule has 1 heterocycles. The number of fused-ring (bicyclic) bond motifs is 1. The molecule has 0 aromatic heterocycles. The molecular weight excluding hydrogens is 542 g/mol. The standard InChI is InChI=1S/C30H43N5O7/c1-15-19-14-35(22(21(15)19)26(38)33-20(23(36)25(31)37)13-17-9-8-10-17)27(39)24(30(3,4)5)34-29(41)32-16(2)28(40)42-18-11-6-7-12-18/h16-22H,1,6-14H2,2-5H3,(H2,31,37)(H,32,41)(H,33,38)/b34-24-/t16-,19+,20?,21-,22-/m0/s1. The second-order valence-electron chi connectivity index (χ2n) is 13.2. The van der Waals surface area contributed by atoms with Gasteiger partial charge in [-0.2, -0.15) is 4.99 Å². The summed E-state index contributed by atoms with van der Waals surface area (Å²) in [7, 11) is 0. The third-order valence-corrected chi connectivity index (χ3v) is 8.90. The third-order valence-electron chi connectivity index (χ3n) is 8.90. The molecule has 0 aromatic rings. The zero-order chi connectivity index (χ0) is 30.9. The summed E-state index contributed by atoms with van der Waals surface area (Å²) in [6, 6.07) is -3.88. The molecule has 42 heavy (non-hydrogen) atoms. The molecule has 12 nitrogen and oxygen atoms in total. The molecule has 0 bridgehead atoms. The van der Waals surface area contributed by atoms with E-state index in [1.165, 1.54) is 11.8 Å². The monoisotopic (exact) mass is 585 g/mol. The van der Waals surface area contributed by atoms with Crippen molar-refractivity contribution in [1.82, 2.24) is 15.5 Å². The number of hydrogen-bond acceptors (Lipinski definition) is 7. The van der Waals surface area contributed by atoms with Gasteiger partial charge in [0.2, 0.25) is 11.7 Å². The van der Waals surface area contributed by atoms with Crippen molar-refractivity contribution in [3.63, 3.8) is 0 Å². The molecule has 5 atom stereocenters. The first kappa shape index (κ1) is 31.4. The number of amides is 5. The predicted molar refractivity (Wildman–Crippen MR) is 153 cm³/mol. The fourth-order valence-corrected chi connectivity index (χ4v) is 6.13. The molecule has 3 saturated carbocycles. The van der Waals surface area contributed by atoms with Crippen LogP contribution in [0.15, 0.2) is 17.1 Å². The number of ether oxygens (including phenoxy) is 1. The van der Waals surface area contributed by atoms with Crippen LogP contribution >= 0.6 is 0 Å². The summed E-state index contributed by atoms with van der Waals surface area (Å²) in [5.74, 6) is -3.92. The number of Topliss-reactive ketones (excluding diaryl/α,β-unsaturated/α-hetero) is 1. The summed E-state index contributed by atoms with van der Waals surface area (Å²) < 4.78 is 5.46. The molecule has 4 rings (SSSR count). The number of carbonyl (C=O) groups is 6. The van der Waals surface area contributed by atoms with Gasteiger partial charge in [-0.1, -0.05) is 52.2 Å². The number of primary amides is 1. The van der Waals surface area contributed by atoms with Crippen molar-refractivity contribution in [1.29, 1.82) is 0 Å². The number of nitrogens with one attached hydrogen (secondary N) is 2. The summed E-state index contributed by atoms with van der Waals surface area (Å²) >= 11 is 0. The number of carbonyl (C=O) groups excluding carboxylic acids is 6. The number of hydrogen-bond donors (Lipinski definition) is 3. The van der Waals surface area contributed by atoms with Gasteiger partial charge in [0.05, 0.1) is 6.04 Å². The maximum Gasteiger partial charge on any atom is 0.342 e. The molecule has 3 aliphatic carbocycles. The van der Waals surface area contributed by atoms with E-state index in [1.807, 2.05) is 0 Å². The Bertz CT molecular complexity index is 1190. The van der Waals surface area contributed by atoms with E-state index in [0.717, 1.165) is 50.5 Å². The Morgan fingerprint density at radius 3 is 2.24 bits per heavy atom. The van der Waals surface area contributed by atoms with Crippen molar-refractivity contribution >= 4 is 41.2 Å². The lowest BCUT2D eigenvalue weighted by Crippen LogP contribution is -2.56. The Morgan fingerprint density at radius 2 is 1.69 bits per heavy atom. The third kappa shape index (κ3) is 6.90. The number of piperidine rings is 1. The smallest absolute Gasteiger partial charge is 0.342 e. The van der Waals surface area contributed by atoms with Gasteiger partial charge in [-0.3, -0.25) is 19.2 Å². The van der Waals surface area contributed by atoms with Crippen LogP contribution in [0, 0.1) is 23.2 Å². The number of esters is 1. The van der Waals surface area contributed by atoms with Gasteiger partial charge in [0.25, 0.3) is 11.8 Å². The van der Waals surface area contributed by atoms with Crippen LogP contribution in [-0.4, -0.2) is 76.9 Å². The van der Waals surface area contributed by atoms with E-state index in [2.05, 4.69) is 22.2 Å². The molecule has 1 aliphatic heterocycles. The molecule has 4 N–H and O–H groups in total.